The highest BCUT2D eigenvalue weighted by Gasteiger charge is 2.22. The maximum absolute atomic E-state index is 12.9. The lowest BCUT2D eigenvalue weighted by Gasteiger charge is -2.28. The van der Waals surface area contributed by atoms with Gasteiger partial charge in [-0.25, -0.2) is 0 Å². The van der Waals surface area contributed by atoms with Crippen LogP contribution in [-0.2, 0) is 32.7 Å². The molecule has 10 heteroatoms. The number of quaternary nitrogens is 1. The number of nitrogens with zero attached hydrogens (tertiary/aromatic N) is 1. The van der Waals surface area contributed by atoms with E-state index < -0.39 is 32.5 Å². The van der Waals surface area contributed by atoms with Crippen molar-refractivity contribution in [3.63, 3.8) is 0 Å². The van der Waals surface area contributed by atoms with E-state index in [0.29, 0.717) is 23.9 Å². The highest BCUT2D eigenvalue weighted by atomic mass is 31.2. The molecule has 0 heterocycles. The minimum atomic E-state index is -4.67. The molecule has 0 aliphatic rings. The Morgan fingerprint density at radius 3 is 0.837 bits per heavy atom. The molecule has 0 N–H and O–H groups in total. The number of unbranched alkanes of at least 4 members (excludes halogenated alkanes) is 15. The Kier molecular flexibility index (Phi) is 70.7. The summed E-state index contributed by atoms with van der Waals surface area (Å²) in [6.07, 6.45) is 121. The first-order valence-electron chi connectivity index (χ1n) is 38.1. The van der Waals surface area contributed by atoms with Gasteiger partial charge < -0.3 is 27.9 Å². The van der Waals surface area contributed by atoms with Crippen molar-refractivity contribution in [3.8, 4) is 0 Å². The van der Waals surface area contributed by atoms with Gasteiger partial charge >= 0.3 is 11.9 Å². The molecule has 0 aliphatic carbocycles. The summed E-state index contributed by atoms with van der Waals surface area (Å²) in [6, 6.07) is 0. The average Bonchev–Trinajstić information content (AvgIpc) is 1.23. The van der Waals surface area contributed by atoms with Crippen LogP contribution >= 0.6 is 7.82 Å². The fourth-order valence-corrected chi connectivity index (χ4v) is 10.2. The number of hydrogen-bond donors (Lipinski definition) is 0. The minimum absolute atomic E-state index is 0.0517. The second kappa shape index (κ2) is 75.3. The molecule has 0 aliphatic heterocycles. The summed E-state index contributed by atoms with van der Waals surface area (Å²) >= 11 is 0. The van der Waals surface area contributed by atoms with E-state index >= 15 is 0 Å². The maximum Gasteiger partial charge on any atom is 0.306 e. The summed E-state index contributed by atoms with van der Waals surface area (Å²) in [5.74, 6) is -0.901. The van der Waals surface area contributed by atoms with Crippen LogP contribution in [0.25, 0.3) is 0 Å². The Hall–Kier alpha value is -5.93. The van der Waals surface area contributed by atoms with Crippen molar-refractivity contribution < 1.29 is 42.1 Å². The number of carbonyl (C=O) groups excluding carboxylic acids is 2. The van der Waals surface area contributed by atoms with Gasteiger partial charge in [-0.1, -0.05) is 315 Å². The van der Waals surface area contributed by atoms with E-state index in [4.69, 9.17) is 18.5 Å². The number of likely N-dealkylation sites (N-methyl/N-ethyl adjacent to an activating group) is 1. The van der Waals surface area contributed by atoms with Gasteiger partial charge in [-0.15, -0.1) is 0 Å². The van der Waals surface area contributed by atoms with Gasteiger partial charge in [0.2, 0.25) is 0 Å². The molecule has 0 saturated heterocycles. The average molecular weight is 1370 g/mol. The first kappa shape index (κ1) is 92.1. The highest BCUT2D eigenvalue weighted by molar-refractivity contribution is 7.45. The predicted molar refractivity (Wildman–Crippen MR) is 424 cm³/mol. The van der Waals surface area contributed by atoms with Gasteiger partial charge in [-0.05, 0) is 161 Å². The number of ether oxygens (including phenoxy) is 2. The third-order valence-electron chi connectivity index (χ3n) is 15.2. The van der Waals surface area contributed by atoms with E-state index in [1.165, 1.54) is 64.2 Å². The molecule has 0 rings (SSSR count). The number of carbonyl (C=O) groups is 2. The van der Waals surface area contributed by atoms with Gasteiger partial charge in [0.25, 0.3) is 7.82 Å². The molecule has 0 radical (unpaired) electrons. The van der Waals surface area contributed by atoms with Gasteiger partial charge in [0.15, 0.2) is 6.10 Å². The Morgan fingerprint density at radius 1 is 0.316 bits per heavy atom. The van der Waals surface area contributed by atoms with Gasteiger partial charge in [-0.2, -0.15) is 0 Å². The molecular formula is C88H138NO8P. The van der Waals surface area contributed by atoms with Gasteiger partial charge in [0, 0.05) is 12.8 Å². The molecule has 0 spiro atoms. The van der Waals surface area contributed by atoms with Crippen molar-refractivity contribution in [2.45, 2.75) is 264 Å². The van der Waals surface area contributed by atoms with E-state index in [9.17, 15) is 19.0 Å². The summed E-state index contributed by atoms with van der Waals surface area (Å²) in [4.78, 5) is 38.1. The van der Waals surface area contributed by atoms with Crippen molar-refractivity contribution >= 4 is 19.8 Å². The number of allylic oxidation sites excluding steroid dienone is 38. The fourth-order valence-electron chi connectivity index (χ4n) is 9.44. The molecule has 548 valence electrons. The summed E-state index contributed by atoms with van der Waals surface area (Å²) in [5, 5.41) is 0. The molecule has 0 aromatic rings. The van der Waals surface area contributed by atoms with Crippen LogP contribution in [0.4, 0.5) is 0 Å². The minimum Gasteiger partial charge on any atom is -0.756 e. The molecule has 0 saturated carbocycles. The number of hydrogen-bond acceptors (Lipinski definition) is 8. The smallest absolute Gasteiger partial charge is 0.306 e. The first-order chi connectivity index (χ1) is 48.0. The highest BCUT2D eigenvalue weighted by Crippen LogP contribution is 2.38. The second-order valence-corrected chi connectivity index (χ2v) is 27.0. The Bertz CT molecular complexity index is 2510. The van der Waals surface area contributed by atoms with Crippen molar-refractivity contribution in [1.82, 2.24) is 0 Å². The van der Waals surface area contributed by atoms with Gasteiger partial charge in [-0.3, -0.25) is 14.2 Å². The summed E-state index contributed by atoms with van der Waals surface area (Å²) in [7, 11) is 1.11. The third kappa shape index (κ3) is 79.1. The van der Waals surface area contributed by atoms with Crippen LogP contribution in [0, 0.1) is 0 Å². The van der Waals surface area contributed by atoms with Crippen molar-refractivity contribution in [1.29, 1.82) is 0 Å². The molecular weight excluding hydrogens is 1230 g/mol. The molecule has 98 heavy (non-hydrogen) atoms. The summed E-state index contributed by atoms with van der Waals surface area (Å²) in [6.45, 7) is 3.94. The van der Waals surface area contributed by atoms with Crippen LogP contribution in [-0.4, -0.2) is 70.0 Å². The number of rotatable bonds is 67. The number of esters is 2. The lowest BCUT2D eigenvalue weighted by Crippen LogP contribution is -2.37. The molecule has 0 aromatic heterocycles. The van der Waals surface area contributed by atoms with Crippen molar-refractivity contribution in [2.75, 3.05) is 47.5 Å². The number of phosphoric acid groups is 1. The molecule has 2 atom stereocenters. The SMILES string of the molecule is CC/C=C\C/C=C\C/C=C\C/C=C\C/C=C\C/C=C\C/C=C\C/C=C\C/C=C\C/C=C\C/C=C\C/C=C\CCCCC(=O)OC(COC(=O)CCCCCCCCCCCCCCC/C=C\C/C=C\C/C=C\C/C=C\C/C=C\C/C=C\C/C=C\CC)COP(=O)([O-])OCC[N+](C)(C)C. The summed E-state index contributed by atoms with van der Waals surface area (Å²) in [5.41, 5.74) is 0. The van der Waals surface area contributed by atoms with Crippen molar-refractivity contribution in [2.24, 2.45) is 0 Å². The van der Waals surface area contributed by atoms with E-state index in [-0.39, 0.29) is 26.1 Å². The van der Waals surface area contributed by atoms with Crippen LogP contribution in [0.15, 0.2) is 231 Å². The molecule has 0 amide bonds. The fraction of sp³-hybridized carbons (Fsp3) is 0.545. The van der Waals surface area contributed by atoms with Crippen LogP contribution in [0.5, 0.6) is 0 Å². The lowest BCUT2D eigenvalue weighted by atomic mass is 10.0. The lowest BCUT2D eigenvalue weighted by molar-refractivity contribution is -0.870. The number of phosphoric ester groups is 1. The van der Waals surface area contributed by atoms with Crippen LogP contribution in [0.2, 0.25) is 0 Å². The van der Waals surface area contributed by atoms with E-state index in [1.54, 1.807) is 0 Å². The van der Waals surface area contributed by atoms with Crippen LogP contribution in [0.1, 0.15) is 258 Å². The maximum atomic E-state index is 12.9. The molecule has 9 nitrogen and oxygen atoms in total. The Labute approximate surface area is 600 Å². The van der Waals surface area contributed by atoms with Crippen molar-refractivity contribution in [3.05, 3.63) is 231 Å². The molecule has 0 fully saturated rings. The van der Waals surface area contributed by atoms with Crippen LogP contribution in [0.3, 0.4) is 0 Å². The molecule has 0 bridgehead atoms. The second-order valence-electron chi connectivity index (χ2n) is 25.5. The van der Waals surface area contributed by atoms with E-state index in [1.807, 2.05) is 21.1 Å². The Balaban J connectivity index is 4.19. The zero-order valence-corrected chi connectivity index (χ0v) is 63.3. The summed E-state index contributed by atoms with van der Waals surface area (Å²) < 4.78 is 34.3. The first-order valence-corrected chi connectivity index (χ1v) is 39.6. The zero-order valence-electron chi connectivity index (χ0n) is 62.4. The topological polar surface area (TPSA) is 111 Å². The third-order valence-corrected chi connectivity index (χ3v) is 16.1. The molecule has 2 unspecified atom stereocenters. The quantitative estimate of drug-likeness (QED) is 0.0195. The molecule has 0 aromatic carbocycles. The monoisotopic (exact) mass is 1370 g/mol. The normalized spacial score (nSPS) is 14.4. The van der Waals surface area contributed by atoms with E-state index in [0.717, 1.165) is 154 Å². The van der Waals surface area contributed by atoms with E-state index in [2.05, 4.69) is 245 Å². The largest absolute Gasteiger partial charge is 0.756 e. The van der Waals surface area contributed by atoms with Gasteiger partial charge in [0.1, 0.15) is 19.8 Å². The zero-order chi connectivity index (χ0) is 71.1. The van der Waals surface area contributed by atoms with Crippen LogP contribution < -0.4 is 4.89 Å². The standard InChI is InChI=1S/C88H138NO8P/c1-6-8-10-12-14-16-18-20-22-24-26-28-30-32-34-36-38-40-42-43-44-45-47-49-51-53-55-57-59-61-63-65-67-69-71-73-75-77-79-81-88(91)97-86(85-96-98(92,93)95-83-82-89(3,4)5)84-94-87(90)80-78-76-74-72-70-68-66-64-62-60-58-56-54-52-50-48-46-41-39-37-35-33-31-29-27-25-23-21-19-17-15-13-11-9-7-2/h8-11,14-17,20-23,26-29,32-35,38-41,43-44,47-50,53,55,59,61,65,67,71,73,86H,6-7,12-13,18-19,24-25,30-31,36-37,42,45-46,51-52,54,56-58,60,62-64,66,68-70,72,74-85H2,1-5H3/b10-8-,11-9-,16-14-,17-15-,22-20-,23-21-,28-26-,29-27-,34-32-,35-33-,40-38-,41-39-,44-43-,49-47-,50-48-,55-53-,61-59-,67-65-,73-71-. The van der Waals surface area contributed by atoms with Gasteiger partial charge in [0.05, 0.1) is 27.7 Å². The predicted octanol–water partition coefficient (Wildman–Crippen LogP) is 25.1. The Morgan fingerprint density at radius 2 is 0.551 bits per heavy atom.